The Kier molecular flexibility index (Phi) is 5.78. The van der Waals surface area contributed by atoms with Gasteiger partial charge in [-0.25, -0.2) is 0 Å². The summed E-state index contributed by atoms with van der Waals surface area (Å²) in [5.41, 5.74) is 16.4. The fourth-order valence-electron chi connectivity index (χ4n) is 7.66. The summed E-state index contributed by atoms with van der Waals surface area (Å²) in [6.45, 7) is 18.8. The zero-order chi connectivity index (χ0) is 29.8. The van der Waals surface area contributed by atoms with Crippen LogP contribution in [0.5, 0.6) is 0 Å². The molecule has 0 atom stereocenters. The van der Waals surface area contributed by atoms with Gasteiger partial charge < -0.3 is 0 Å². The summed E-state index contributed by atoms with van der Waals surface area (Å²) >= 11 is 6.40. The minimum atomic E-state index is -0.365. The molecule has 0 heterocycles. The van der Waals surface area contributed by atoms with Crippen molar-refractivity contribution in [3.63, 3.8) is 0 Å². The molecule has 0 unspecified atom stereocenters. The first-order chi connectivity index (χ1) is 19.7. The van der Waals surface area contributed by atoms with Gasteiger partial charge in [-0.3, -0.25) is 0 Å². The lowest BCUT2D eigenvalue weighted by molar-refractivity contribution is 0.451. The van der Waals surface area contributed by atoms with E-state index in [1.165, 1.54) is 61.2 Å². The van der Waals surface area contributed by atoms with Crippen LogP contribution in [0.2, 0.25) is 5.02 Å². The van der Waals surface area contributed by atoms with Crippen LogP contribution in [0.4, 0.5) is 0 Å². The average molecular weight is 569 g/mol. The second-order valence-corrected chi connectivity index (χ2v) is 15.8. The Morgan fingerprint density at radius 2 is 1.19 bits per heavy atom. The molecule has 1 heteroatoms. The quantitative estimate of drug-likeness (QED) is 0.214. The van der Waals surface area contributed by atoms with Crippen LogP contribution in [-0.4, -0.2) is 0 Å². The largest absolute Gasteiger partial charge is 0.0843 e. The first-order valence-electron chi connectivity index (χ1n) is 15.3. The number of rotatable bonds is 1. The fraction of sp³-hybridized carbons (Fsp3) is 0.317. The maximum atomic E-state index is 6.40. The number of hydrogen-bond donors (Lipinski definition) is 0. The molecular formula is C41H41Cl. The molecule has 0 fully saturated rings. The SMILES string of the molecule is CC1(C)C=CC2=C(C1)C1(c3cc(C(C)(C)C)ccc3-c3ccc(C(C)(C)C)cc31)c1c2cccc1-c1ccc(Cl)cc1. The summed E-state index contributed by atoms with van der Waals surface area (Å²) < 4.78 is 0. The molecule has 0 N–H and O–H groups in total. The molecule has 42 heavy (non-hydrogen) atoms. The Morgan fingerprint density at radius 1 is 0.643 bits per heavy atom. The summed E-state index contributed by atoms with van der Waals surface area (Å²) in [6.07, 6.45) is 5.88. The molecule has 0 bridgehead atoms. The minimum absolute atomic E-state index is 0.0433. The predicted octanol–water partition coefficient (Wildman–Crippen LogP) is 11.7. The molecule has 4 aromatic rings. The molecule has 0 aliphatic heterocycles. The molecular weight excluding hydrogens is 528 g/mol. The van der Waals surface area contributed by atoms with Crippen molar-refractivity contribution in [1.29, 1.82) is 0 Å². The highest BCUT2D eigenvalue weighted by atomic mass is 35.5. The number of hydrogen-bond acceptors (Lipinski definition) is 0. The van der Waals surface area contributed by atoms with Gasteiger partial charge in [0.1, 0.15) is 0 Å². The van der Waals surface area contributed by atoms with Crippen molar-refractivity contribution in [1.82, 2.24) is 0 Å². The van der Waals surface area contributed by atoms with Crippen molar-refractivity contribution in [2.24, 2.45) is 5.41 Å². The lowest BCUT2D eigenvalue weighted by Crippen LogP contribution is -2.32. The Bertz CT molecular complexity index is 1760. The lowest BCUT2D eigenvalue weighted by Gasteiger charge is -2.39. The van der Waals surface area contributed by atoms with E-state index < -0.39 is 0 Å². The van der Waals surface area contributed by atoms with Gasteiger partial charge >= 0.3 is 0 Å². The molecule has 0 saturated carbocycles. The zero-order valence-electron chi connectivity index (χ0n) is 26.2. The molecule has 0 aromatic heterocycles. The molecule has 1 spiro atoms. The molecule has 212 valence electrons. The van der Waals surface area contributed by atoms with E-state index in [0.29, 0.717) is 0 Å². The molecule has 7 rings (SSSR count). The summed E-state index contributed by atoms with van der Waals surface area (Å²) in [4.78, 5) is 0. The predicted molar refractivity (Wildman–Crippen MR) is 181 cm³/mol. The molecule has 4 aromatic carbocycles. The average Bonchev–Trinajstić information content (AvgIpc) is 3.37. The van der Waals surface area contributed by atoms with E-state index in [1.54, 1.807) is 5.57 Å². The molecule has 3 aliphatic carbocycles. The zero-order valence-corrected chi connectivity index (χ0v) is 27.0. The van der Waals surface area contributed by atoms with Crippen molar-refractivity contribution < 1.29 is 0 Å². The van der Waals surface area contributed by atoms with Crippen molar-refractivity contribution in [3.8, 4) is 22.3 Å². The highest BCUT2D eigenvalue weighted by Crippen LogP contribution is 2.66. The van der Waals surface area contributed by atoms with Crippen molar-refractivity contribution in [3.05, 3.63) is 135 Å². The third kappa shape index (κ3) is 3.87. The van der Waals surface area contributed by atoms with Crippen molar-refractivity contribution in [2.75, 3.05) is 0 Å². The number of allylic oxidation sites excluding steroid dienone is 4. The smallest absolute Gasteiger partial charge is 0.0695 e. The van der Waals surface area contributed by atoms with Crippen LogP contribution in [0.25, 0.3) is 27.8 Å². The van der Waals surface area contributed by atoms with E-state index in [-0.39, 0.29) is 21.7 Å². The Morgan fingerprint density at radius 3 is 1.74 bits per heavy atom. The number of halogens is 1. The van der Waals surface area contributed by atoms with Crippen LogP contribution < -0.4 is 0 Å². The van der Waals surface area contributed by atoms with E-state index in [9.17, 15) is 0 Å². The van der Waals surface area contributed by atoms with Gasteiger partial charge in [0, 0.05) is 5.02 Å². The maximum absolute atomic E-state index is 6.40. The second-order valence-electron chi connectivity index (χ2n) is 15.4. The second kappa shape index (κ2) is 8.84. The van der Waals surface area contributed by atoms with Gasteiger partial charge in [-0.05, 0) is 102 Å². The summed E-state index contributed by atoms with van der Waals surface area (Å²) in [5, 5.41) is 0.768. The summed E-state index contributed by atoms with van der Waals surface area (Å²) in [7, 11) is 0. The summed E-state index contributed by atoms with van der Waals surface area (Å²) in [6, 6.07) is 30.0. The first kappa shape index (κ1) is 27.5. The van der Waals surface area contributed by atoms with Gasteiger partial charge in [-0.15, -0.1) is 0 Å². The topological polar surface area (TPSA) is 0 Å². The fourth-order valence-corrected chi connectivity index (χ4v) is 7.79. The van der Waals surface area contributed by atoms with E-state index in [4.69, 9.17) is 11.6 Å². The maximum Gasteiger partial charge on any atom is 0.0695 e. The third-order valence-electron chi connectivity index (χ3n) is 9.87. The van der Waals surface area contributed by atoms with E-state index in [1.807, 2.05) is 12.1 Å². The van der Waals surface area contributed by atoms with Gasteiger partial charge in [0.15, 0.2) is 0 Å². The van der Waals surface area contributed by atoms with Gasteiger partial charge in [-0.1, -0.05) is 146 Å². The van der Waals surface area contributed by atoms with Gasteiger partial charge in [0.25, 0.3) is 0 Å². The van der Waals surface area contributed by atoms with Crippen LogP contribution in [0.1, 0.15) is 95.2 Å². The van der Waals surface area contributed by atoms with Crippen LogP contribution in [0.15, 0.2) is 96.6 Å². The minimum Gasteiger partial charge on any atom is -0.0843 e. The standard InChI is InChI=1S/C41H41Cl/c1-38(2,3)26-14-18-30-31-19-15-27(39(4,5)6)23-35(31)41(34(30)22-26)36-24-40(7,8)21-20-32(36)33-11-9-10-29(37(33)41)25-12-16-28(42)17-13-25/h9-23H,24H2,1-8H3. The van der Waals surface area contributed by atoms with Crippen LogP contribution >= 0.6 is 11.6 Å². The van der Waals surface area contributed by atoms with Crippen molar-refractivity contribution >= 4 is 17.2 Å². The van der Waals surface area contributed by atoms with Crippen LogP contribution in [0.3, 0.4) is 0 Å². The molecule has 3 aliphatic rings. The Balaban J connectivity index is 1.68. The molecule has 0 nitrogen and oxygen atoms in total. The number of fused-ring (bicyclic) bond motifs is 9. The molecule has 0 radical (unpaired) electrons. The Labute approximate surface area is 257 Å². The molecule has 0 amide bonds. The van der Waals surface area contributed by atoms with Gasteiger partial charge in [-0.2, -0.15) is 0 Å². The highest BCUT2D eigenvalue weighted by Gasteiger charge is 2.55. The monoisotopic (exact) mass is 568 g/mol. The summed E-state index contributed by atoms with van der Waals surface area (Å²) in [5.74, 6) is 0. The number of benzene rings is 4. The Hall–Kier alpha value is -3.35. The van der Waals surface area contributed by atoms with E-state index in [0.717, 1.165) is 11.4 Å². The van der Waals surface area contributed by atoms with E-state index >= 15 is 0 Å². The van der Waals surface area contributed by atoms with Gasteiger partial charge in [0.2, 0.25) is 0 Å². The van der Waals surface area contributed by atoms with Crippen LogP contribution in [-0.2, 0) is 16.2 Å². The lowest BCUT2D eigenvalue weighted by atomic mass is 9.63. The van der Waals surface area contributed by atoms with Gasteiger partial charge in [0.05, 0.1) is 5.41 Å². The van der Waals surface area contributed by atoms with Crippen molar-refractivity contribution in [2.45, 2.75) is 78.1 Å². The molecule has 0 saturated heterocycles. The normalized spacial score (nSPS) is 17.7. The highest BCUT2D eigenvalue weighted by molar-refractivity contribution is 6.30. The van der Waals surface area contributed by atoms with Crippen LogP contribution in [0, 0.1) is 5.41 Å². The third-order valence-corrected chi connectivity index (χ3v) is 10.1. The van der Waals surface area contributed by atoms with E-state index in [2.05, 4.69) is 134 Å². The first-order valence-corrected chi connectivity index (χ1v) is 15.7.